The highest BCUT2D eigenvalue weighted by Crippen LogP contribution is 2.23. The van der Waals surface area contributed by atoms with Gasteiger partial charge in [-0.05, 0) is 57.8 Å². The molecule has 7 unspecified atom stereocenters. The van der Waals surface area contributed by atoms with Gasteiger partial charge in [-0.3, -0.25) is 4.79 Å². The predicted molar refractivity (Wildman–Crippen MR) is 253 cm³/mol. The van der Waals surface area contributed by atoms with E-state index in [9.17, 15) is 30.3 Å². The van der Waals surface area contributed by atoms with Gasteiger partial charge in [0.15, 0.2) is 6.29 Å². The number of hydrogen-bond acceptors (Lipinski definition) is 8. The molecule has 0 aromatic heterocycles. The van der Waals surface area contributed by atoms with Gasteiger partial charge in [0.05, 0.1) is 25.4 Å². The zero-order valence-electron chi connectivity index (χ0n) is 38.9. The second-order valence-electron chi connectivity index (χ2n) is 17.2. The van der Waals surface area contributed by atoms with Crippen LogP contribution >= 0.6 is 0 Å². The minimum absolute atomic E-state index is 0.182. The lowest BCUT2D eigenvalue weighted by atomic mass is 9.99. The Kier molecular flexibility index (Phi) is 39.1. The molecule has 1 fully saturated rings. The molecule has 61 heavy (non-hydrogen) atoms. The summed E-state index contributed by atoms with van der Waals surface area (Å²) in [7, 11) is 0. The van der Waals surface area contributed by atoms with Crippen LogP contribution in [0.4, 0.5) is 0 Å². The molecule has 0 saturated carbocycles. The standard InChI is InChI=1S/C52H93NO8/c1-3-5-7-9-11-13-15-17-18-19-20-21-22-23-24-25-26-27-28-30-32-34-36-38-40-42-48(56)53-45(44-60-52-51(59)50(58)49(57)47(43-54)61-52)46(55)41-39-37-35-33-31-29-16-14-12-10-8-6-4-2/h5,7,11,13,17-18,20-21,39,41,45-47,49-52,54-55,57-59H,3-4,6,8-10,12,14-16,19,22-38,40,42-44H2,1-2H3,(H,53,56)/b7-5-,13-11-,18-17-,21-20-,41-39+. The molecule has 9 nitrogen and oxygen atoms in total. The van der Waals surface area contributed by atoms with Crippen molar-refractivity contribution in [2.75, 3.05) is 13.2 Å². The molecule has 0 aromatic carbocycles. The summed E-state index contributed by atoms with van der Waals surface area (Å²) < 4.78 is 11.2. The van der Waals surface area contributed by atoms with Gasteiger partial charge < -0.3 is 40.3 Å². The average molecular weight is 860 g/mol. The molecular formula is C52H93NO8. The van der Waals surface area contributed by atoms with Gasteiger partial charge in [0.1, 0.15) is 24.4 Å². The molecule has 0 bridgehead atoms. The Morgan fingerprint density at radius 2 is 1.02 bits per heavy atom. The van der Waals surface area contributed by atoms with Crippen molar-refractivity contribution < 1.29 is 39.8 Å². The lowest BCUT2D eigenvalue weighted by molar-refractivity contribution is -0.302. The Labute approximate surface area is 373 Å². The highest BCUT2D eigenvalue weighted by Gasteiger charge is 2.44. The van der Waals surface area contributed by atoms with E-state index in [0.29, 0.717) is 6.42 Å². The Balaban J connectivity index is 2.25. The Morgan fingerprint density at radius 1 is 0.574 bits per heavy atom. The number of ether oxygens (including phenoxy) is 2. The first-order chi connectivity index (χ1) is 29.8. The van der Waals surface area contributed by atoms with E-state index in [1.54, 1.807) is 6.08 Å². The van der Waals surface area contributed by atoms with E-state index in [4.69, 9.17) is 9.47 Å². The molecule has 6 N–H and O–H groups in total. The van der Waals surface area contributed by atoms with E-state index in [0.717, 1.165) is 64.2 Å². The van der Waals surface area contributed by atoms with Crippen molar-refractivity contribution in [2.45, 2.75) is 249 Å². The maximum atomic E-state index is 13.0. The maximum absolute atomic E-state index is 13.0. The minimum Gasteiger partial charge on any atom is -0.394 e. The summed E-state index contributed by atoms with van der Waals surface area (Å²) in [6.45, 7) is 3.65. The molecule has 1 saturated heterocycles. The third kappa shape index (κ3) is 32.2. The predicted octanol–water partition coefficient (Wildman–Crippen LogP) is 11.2. The topological polar surface area (TPSA) is 149 Å². The highest BCUT2D eigenvalue weighted by molar-refractivity contribution is 5.76. The fourth-order valence-corrected chi connectivity index (χ4v) is 7.62. The average Bonchev–Trinajstić information content (AvgIpc) is 3.26. The number of rotatable bonds is 41. The number of allylic oxidation sites excluding steroid dienone is 9. The fraction of sp³-hybridized carbons (Fsp3) is 0.788. The van der Waals surface area contributed by atoms with Crippen LogP contribution in [0, 0.1) is 0 Å². The van der Waals surface area contributed by atoms with E-state index in [-0.39, 0.29) is 12.5 Å². The van der Waals surface area contributed by atoms with Gasteiger partial charge in [-0.1, -0.05) is 203 Å². The SMILES string of the molecule is CC/C=C\C/C=C\C/C=C\C/C=C\CCCCCCCCCCCCCCC(=O)NC(COC1OC(CO)C(O)C(O)C1O)C(O)/C=C/CCCCCCCCCCCCC. The normalized spacial score (nSPS) is 20.9. The number of nitrogens with one attached hydrogen (secondary N) is 1. The molecule has 0 aromatic rings. The van der Waals surface area contributed by atoms with Crippen molar-refractivity contribution in [3.8, 4) is 0 Å². The first-order valence-corrected chi connectivity index (χ1v) is 25.0. The van der Waals surface area contributed by atoms with Gasteiger partial charge in [0.2, 0.25) is 5.91 Å². The van der Waals surface area contributed by atoms with Crippen LogP contribution in [-0.4, -0.2) is 87.5 Å². The minimum atomic E-state index is -1.57. The van der Waals surface area contributed by atoms with Gasteiger partial charge in [-0.25, -0.2) is 0 Å². The van der Waals surface area contributed by atoms with Gasteiger partial charge in [-0.15, -0.1) is 0 Å². The number of aliphatic hydroxyl groups excluding tert-OH is 5. The molecular weight excluding hydrogens is 767 g/mol. The van der Waals surface area contributed by atoms with Crippen molar-refractivity contribution in [3.05, 3.63) is 60.8 Å². The van der Waals surface area contributed by atoms with Crippen molar-refractivity contribution in [3.63, 3.8) is 0 Å². The van der Waals surface area contributed by atoms with Crippen molar-refractivity contribution in [1.82, 2.24) is 5.32 Å². The number of carbonyl (C=O) groups excluding carboxylic acids is 1. The quantitative estimate of drug-likeness (QED) is 0.0263. The second-order valence-corrected chi connectivity index (χ2v) is 17.2. The molecule has 0 aliphatic carbocycles. The number of aliphatic hydroxyl groups is 5. The smallest absolute Gasteiger partial charge is 0.220 e. The Bertz CT molecular complexity index is 1140. The van der Waals surface area contributed by atoms with Gasteiger partial charge in [0, 0.05) is 6.42 Å². The zero-order valence-corrected chi connectivity index (χ0v) is 38.9. The van der Waals surface area contributed by atoms with Crippen LogP contribution in [0.2, 0.25) is 0 Å². The van der Waals surface area contributed by atoms with Crippen LogP contribution in [0.25, 0.3) is 0 Å². The number of carbonyl (C=O) groups is 1. The monoisotopic (exact) mass is 860 g/mol. The summed E-state index contributed by atoms with van der Waals surface area (Å²) in [6, 6.07) is -0.807. The van der Waals surface area contributed by atoms with Gasteiger partial charge in [-0.2, -0.15) is 0 Å². The second kappa shape index (κ2) is 41.9. The van der Waals surface area contributed by atoms with Crippen molar-refractivity contribution >= 4 is 5.91 Å². The van der Waals surface area contributed by atoms with E-state index in [1.165, 1.54) is 122 Å². The summed E-state index contributed by atoms with van der Waals surface area (Å²) in [5.41, 5.74) is 0. The summed E-state index contributed by atoms with van der Waals surface area (Å²) >= 11 is 0. The molecule has 0 spiro atoms. The first-order valence-electron chi connectivity index (χ1n) is 25.0. The largest absolute Gasteiger partial charge is 0.394 e. The maximum Gasteiger partial charge on any atom is 0.220 e. The van der Waals surface area contributed by atoms with Crippen LogP contribution in [0.3, 0.4) is 0 Å². The third-order valence-corrected chi connectivity index (χ3v) is 11.6. The molecule has 1 aliphatic rings. The molecule has 0 radical (unpaired) electrons. The van der Waals surface area contributed by atoms with E-state index in [2.05, 4.69) is 67.8 Å². The highest BCUT2D eigenvalue weighted by atomic mass is 16.7. The zero-order chi connectivity index (χ0) is 44.4. The molecule has 7 atom stereocenters. The lowest BCUT2D eigenvalue weighted by Gasteiger charge is -2.40. The molecule has 1 amide bonds. The number of amides is 1. The molecule has 1 rings (SSSR count). The van der Waals surface area contributed by atoms with Crippen LogP contribution in [0.1, 0.15) is 206 Å². The van der Waals surface area contributed by atoms with Gasteiger partial charge >= 0.3 is 0 Å². The molecule has 1 heterocycles. The molecule has 9 heteroatoms. The lowest BCUT2D eigenvalue weighted by Crippen LogP contribution is -2.60. The van der Waals surface area contributed by atoms with Crippen LogP contribution < -0.4 is 5.32 Å². The molecule has 1 aliphatic heterocycles. The van der Waals surface area contributed by atoms with Crippen LogP contribution in [0.15, 0.2) is 60.8 Å². The van der Waals surface area contributed by atoms with E-state index in [1.807, 2.05) is 6.08 Å². The first kappa shape index (κ1) is 56.9. The molecule has 354 valence electrons. The number of hydrogen-bond donors (Lipinski definition) is 6. The number of unbranched alkanes of at least 4 members (excludes halogenated alkanes) is 23. The van der Waals surface area contributed by atoms with Gasteiger partial charge in [0.25, 0.3) is 0 Å². The summed E-state index contributed by atoms with van der Waals surface area (Å²) in [5.74, 6) is -0.182. The van der Waals surface area contributed by atoms with E-state index < -0.39 is 49.5 Å². The fourth-order valence-electron chi connectivity index (χ4n) is 7.62. The third-order valence-electron chi connectivity index (χ3n) is 11.6. The Morgan fingerprint density at radius 3 is 1.51 bits per heavy atom. The van der Waals surface area contributed by atoms with Crippen molar-refractivity contribution in [2.24, 2.45) is 0 Å². The van der Waals surface area contributed by atoms with Crippen molar-refractivity contribution in [1.29, 1.82) is 0 Å². The summed E-state index contributed by atoms with van der Waals surface area (Å²) in [6.07, 6.45) is 48.4. The Hall–Kier alpha value is -2.11. The van der Waals surface area contributed by atoms with E-state index >= 15 is 0 Å². The van der Waals surface area contributed by atoms with Crippen LogP contribution in [-0.2, 0) is 14.3 Å². The summed E-state index contributed by atoms with van der Waals surface area (Å²) in [5, 5.41) is 54.3. The van der Waals surface area contributed by atoms with Crippen LogP contribution in [0.5, 0.6) is 0 Å². The summed E-state index contributed by atoms with van der Waals surface area (Å²) in [4.78, 5) is 13.0.